The molecule has 0 saturated carbocycles. The van der Waals surface area contributed by atoms with Crippen molar-refractivity contribution in [3.63, 3.8) is 0 Å². The zero-order valence-corrected chi connectivity index (χ0v) is 13.1. The van der Waals surface area contributed by atoms with Crippen LogP contribution in [-0.4, -0.2) is 54.5 Å². The van der Waals surface area contributed by atoms with Crippen LogP contribution in [0.2, 0.25) is 0 Å². The summed E-state index contributed by atoms with van der Waals surface area (Å²) in [5, 5.41) is 0. The Kier molecular flexibility index (Phi) is 5.13. The fourth-order valence-corrected chi connectivity index (χ4v) is 2.72. The van der Waals surface area contributed by atoms with E-state index in [2.05, 4.69) is 0 Å². The van der Waals surface area contributed by atoms with Crippen molar-refractivity contribution >= 4 is 11.8 Å². The quantitative estimate of drug-likeness (QED) is 0.849. The zero-order valence-electron chi connectivity index (χ0n) is 13.1. The lowest BCUT2D eigenvalue weighted by Crippen LogP contribution is -2.53. The van der Waals surface area contributed by atoms with Crippen LogP contribution >= 0.6 is 0 Å². The molecule has 1 aromatic carbocycles. The molecule has 1 aliphatic heterocycles. The molecular formula is C16H21FN2O3. The third kappa shape index (κ3) is 3.11. The molecule has 2 amide bonds. The van der Waals surface area contributed by atoms with Crippen LogP contribution < -0.4 is 0 Å². The SMILES string of the molecule is CCN(CC)C(=O)[C@H]1OCC(=O)N(C)[C@@H]1c1cccc(F)c1. The molecule has 0 unspecified atom stereocenters. The maximum atomic E-state index is 13.5. The molecule has 120 valence electrons. The van der Waals surface area contributed by atoms with Crippen LogP contribution in [0.15, 0.2) is 24.3 Å². The summed E-state index contributed by atoms with van der Waals surface area (Å²) in [5.74, 6) is -0.811. The normalized spacial score (nSPS) is 21.8. The van der Waals surface area contributed by atoms with E-state index in [1.54, 1.807) is 24.1 Å². The Morgan fingerprint density at radius 3 is 2.68 bits per heavy atom. The first-order valence-corrected chi connectivity index (χ1v) is 7.41. The lowest BCUT2D eigenvalue weighted by Gasteiger charge is -2.40. The molecule has 1 heterocycles. The maximum absolute atomic E-state index is 13.5. The largest absolute Gasteiger partial charge is 0.356 e. The minimum absolute atomic E-state index is 0.139. The first-order valence-electron chi connectivity index (χ1n) is 7.41. The highest BCUT2D eigenvalue weighted by atomic mass is 19.1. The fourth-order valence-electron chi connectivity index (χ4n) is 2.72. The lowest BCUT2D eigenvalue weighted by molar-refractivity contribution is -0.167. The van der Waals surface area contributed by atoms with E-state index in [4.69, 9.17) is 4.74 Å². The number of rotatable bonds is 4. The van der Waals surface area contributed by atoms with Crippen molar-refractivity contribution in [1.29, 1.82) is 0 Å². The molecule has 5 nitrogen and oxygen atoms in total. The van der Waals surface area contributed by atoms with Gasteiger partial charge < -0.3 is 14.5 Å². The summed E-state index contributed by atoms with van der Waals surface area (Å²) in [6.45, 7) is 4.75. The van der Waals surface area contributed by atoms with Crippen LogP contribution in [0.5, 0.6) is 0 Å². The van der Waals surface area contributed by atoms with Gasteiger partial charge in [-0.3, -0.25) is 9.59 Å². The number of amides is 2. The number of benzene rings is 1. The van der Waals surface area contributed by atoms with Gasteiger partial charge in [-0.1, -0.05) is 12.1 Å². The molecule has 1 fully saturated rings. The number of halogens is 1. The third-order valence-electron chi connectivity index (χ3n) is 3.99. The van der Waals surface area contributed by atoms with Gasteiger partial charge in [0.05, 0.1) is 6.04 Å². The van der Waals surface area contributed by atoms with Crippen molar-refractivity contribution < 1.29 is 18.7 Å². The molecule has 1 aromatic rings. The Labute approximate surface area is 129 Å². The number of nitrogens with zero attached hydrogens (tertiary/aromatic N) is 2. The summed E-state index contributed by atoms with van der Waals surface area (Å²) in [6.07, 6.45) is -0.815. The van der Waals surface area contributed by atoms with E-state index in [1.165, 1.54) is 17.0 Å². The van der Waals surface area contributed by atoms with Crippen LogP contribution in [0.1, 0.15) is 25.5 Å². The van der Waals surface area contributed by atoms with Crippen LogP contribution in [0.25, 0.3) is 0 Å². The van der Waals surface area contributed by atoms with Gasteiger partial charge in [-0.15, -0.1) is 0 Å². The van der Waals surface area contributed by atoms with Crippen molar-refractivity contribution in [2.45, 2.75) is 26.0 Å². The van der Waals surface area contributed by atoms with E-state index >= 15 is 0 Å². The first-order chi connectivity index (χ1) is 10.5. The third-order valence-corrected chi connectivity index (χ3v) is 3.99. The smallest absolute Gasteiger partial charge is 0.254 e. The number of hydrogen-bond acceptors (Lipinski definition) is 3. The molecule has 2 rings (SSSR count). The Hall–Kier alpha value is -1.95. The molecule has 2 atom stereocenters. The topological polar surface area (TPSA) is 49.9 Å². The van der Waals surface area contributed by atoms with Crippen molar-refractivity contribution in [1.82, 2.24) is 9.80 Å². The van der Waals surface area contributed by atoms with Crippen LogP contribution in [0.3, 0.4) is 0 Å². The van der Waals surface area contributed by atoms with Gasteiger partial charge in [-0.25, -0.2) is 4.39 Å². The van der Waals surface area contributed by atoms with Crippen molar-refractivity contribution in [3.8, 4) is 0 Å². The Balaban J connectivity index is 2.38. The van der Waals surface area contributed by atoms with E-state index < -0.39 is 18.0 Å². The van der Waals surface area contributed by atoms with Crippen LogP contribution in [0, 0.1) is 5.82 Å². The molecule has 1 saturated heterocycles. The number of ether oxygens (including phenoxy) is 1. The van der Waals surface area contributed by atoms with E-state index in [9.17, 15) is 14.0 Å². The van der Waals surface area contributed by atoms with Gasteiger partial charge in [0.2, 0.25) is 5.91 Å². The predicted octanol–water partition coefficient (Wildman–Crippen LogP) is 1.59. The minimum Gasteiger partial charge on any atom is -0.356 e. The van der Waals surface area contributed by atoms with Gasteiger partial charge in [-0.05, 0) is 31.5 Å². The van der Waals surface area contributed by atoms with Crippen molar-refractivity contribution in [2.24, 2.45) is 0 Å². The highest BCUT2D eigenvalue weighted by Crippen LogP contribution is 2.30. The summed E-state index contributed by atoms with van der Waals surface area (Å²) in [5.41, 5.74) is 0.557. The summed E-state index contributed by atoms with van der Waals surface area (Å²) in [6, 6.07) is 5.32. The Bertz CT molecular complexity index is 560. The highest BCUT2D eigenvalue weighted by molar-refractivity contribution is 5.86. The second kappa shape index (κ2) is 6.87. The molecule has 0 N–H and O–H groups in total. The molecule has 6 heteroatoms. The van der Waals surface area contributed by atoms with Crippen LogP contribution in [-0.2, 0) is 14.3 Å². The predicted molar refractivity (Wildman–Crippen MR) is 79.6 cm³/mol. The standard InChI is InChI=1S/C16H21FN2O3/c1-4-19(5-2)16(21)15-14(18(3)13(20)10-22-15)11-7-6-8-12(17)9-11/h6-9,14-15H,4-5,10H2,1-3H3/t14-,15+/m1/s1. The molecular weight excluding hydrogens is 287 g/mol. The van der Waals surface area contributed by atoms with Gasteiger partial charge in [0.1, 0.15) is 12.4 Å². The molecule has 22 heavy (non-hydrogen) atoms. The van der Waals surface area contributed by atoms with Crippen molar-refractivity contribution in [3.05, 3.63) is 35.6 Å². The Morgan fingerprint density at radius 2 is 2.09 bits per heavy atom. The summed E-state index contributed by atoms with van der Waals surface area (Å²) in [7, 11) is 1.61. The second-order valence-corrected chi connectivity index (χ2v) is 5.25. The number of morpholine rings is 1. The van der Waals surface area contributed by atoms with E-state index in [0.29, 0.717) is 18.7 Å². The molecule has 0 aromatic heterocycles. The number of carbonyl (C=O) groups excluding carboxylic acids is 2. The van der Waals surface area contributed by atoms with E-state index in [1.807, 2.05) is 13.8 Å². The number of likely N-dealkylation sites (N-methyl/N-ethyl adjacent to an activating group) is 2. The van der Waals surface area contributed by atoms with Gasteiger partial charge in [0.15, 0.2) is 6.10 Å². The molecule has 1 aliphatic rings. The van der Waals surface area contributed by atoms with Gasteiger partial charge in [-0.2, -0.15) is 0 Å². The lowest BCUT2D eigenvalue weighted by atomic mass is 9.97. The number of hydrogen-bond donors (Lipinski definition) is 0. The fraction of sp³-hybridized carbons (Fsp3) is 0.500. The summed E-state index contributed by atoms with van der Waals surface area (Å²) < 4.78 is 19.0. The number of carbonyl (C=O) groups is 2. The van der Waals surface area contributed by atoms with Crippen LogP contribution in [0.4, 0.5) is 4.39 Å². The first kappa shape index (κ1) is 16.4. The van der Waals surface area contributed by atoms with E-state index in [-0.39, 0.29) is 18.4 Å². The van der Waals surface area contributed by atoms with Crippen molar-refractivity contribution in [2.75, 3.05) is 26.7 Å². The summed E-state index contributed by atoms with van der Waals surface area (Å²) >= 11 is 0. The zero-order chi connectivity index (χ0) is 16.3. The van der Waals surface area contributed by atoms with E-state index in [0.717, 1.165) is 0 Å². The average Bonchev–Trinajstić information content (AvgIpc) is 2.50. The highest BCUT2D eigenvalue weighted by Gasteiger charge is 2.41. The second-order valence-electron chi connectivity index (χ2n) is 5.25. The molecule has 0 bridgehead atoms. The summed E-state index contributed by atoms with van der Waals surface area (Å²) in [4.78, 5) is 27.7. The van der Waals surface area contributed by atoms with Gasteiger partial charge in [0.25, 0.3) is 5.91 Å². The Morgan fingerprint density at radius 1 is 1.41 bits per heavy atom. The maximum Gasteiger partial charge on any atom is 0.254 e. The average molecular weight is 308 g/mol. The van der Waals surface area contributed by atoms with Gasteiger partial charge in [0, 0.05) is 20.1 Å². The molecule has 0 aliphatic carbocycles. The monoisotopic (exact) mass is 308 g/mol. The van der Waals surface area contributed by atoms with Gasteiger partial charge >= 0.3 is 0 Å². The molecule has 0 radical (unpaired) electrons. The minimum atomic E-state index is -0.815. The molecule has 0 spiro atoms.